The molecule has 9 heteroatoms. The third-order valence-electron chi connectivity index (χ3n) is 4.77. The summed E-state index contributed by atoms with van der Waals surface area (Å²) >= 11 is 0. The van der Waals surface area contributed by atoms with Gasteiger partial charge in [-0.05, 0) is 54.1 Å². The first-order valence-corrected chi connectivity index (χ1v) is 9.27. The van der Waals surface area contributed by atoms with Crippen molar-refractivity contribution in [3.8, 4) is 23.3 Å². The Labute approximate surface area is 181 Å². The molecule has 1 aliphatic heterocycles. The van der Waals surface area contributed by atoms with Gasteiger partial charge in [0, 0.05) is 22.9 Å². The van der Waals surface area contributed by atoms with E-state index < -0.39 is 10.7 Å². The van der Waals surface area contributed by atoms with Gasteiger partial charge >= 0.3 is 5.69 Å². The topological polar surface area (TPSA) is 114 Å². The number of carbonyl (C=O) groups excluding carboxylic acids is 1. The predicted molar refractivity (Wildman–Crippen MR) is 114 cm³/mol. The Morgan fingerprint density at radius 2 is 1.88 bits per heavy atom. The van der Waals surface area contributed by atoms with Gasteiger partial charge in [0.15, 0.2) is 11.5 Å². The molecule has 32 heavy (non-hydrogen) atoms. The first-order valence-electron chi connectivity index (χ1n) is 9.27. The maximum atomic E-state index is 13.6. The largest absolute Gasteiger partial charge is 0.493 e. The lowest BCUT2D eigenvalue weighted by Crippen LogP contribution is -2.03. The molecule has 0 saturated carbocycles. The van der Waals surface area contributed by atoms with Gasteiger partial charge < -0.3 is 14.8 Å². The number of methoxy groups -OCH3 is 1. The van der Waals surface area contributed by atoms with Crippen molar-refractivity contribution in [2.75, 3.05) is 12.4 Å². The van der Waals surface area contributed by atoms with Gasteiger partial charge in [-0.25, -0.2) is 4.39 Å². The van der Waals surface area contributed by atoms with E-state index in [1.165, 1.54) is 43.5 Å². The molecule has 0 saturated heterocycles. The van der Waals surface area contributed by atoms with Crippen molar-refractivity contribution in [2.45, 2.75) is 0 Å². The second-order valence-electron chi connectivity index (χ2n) is 6.77. The number of anilines is 1. The zero-order valence-corrected chi connectivity index (χ0v) is 16.6. The Bertz CT molecular complexity index is 1340. The molecule has 0 unspecified atom stereocenters. The summed E-state index contributed by atoms with van der Waals surface area (Å²) in [7, 11) is 1.40. The van der Waals surface area contributed by atoms with Crippen LogP contribution in [0.2, 0.25) is 0 Å². The monoisotopic (exact) mass is 431 g/mol. The molecule has 3 aromatic carbocycles. The quantitative estimate of drug-likeness (QED) is 0.349. The Hall–Kier alpha value is -4.71. The Kier molecular flexibility index (Phi) is 5.27. The highest BCUT2D eigenvalue weighted by Crippen LogP contribution is 2.39. The number of nitriles is 1. The third kappa shape index (κ3) is 3.85. The summed E-state index contributed by atoms with van der Waals surface area (Å²) in [6.07, 6.45) is 1.58. The van der Waals surface area contributed by atoms with Crippen molar-refractivity contribution in [1.82, 2.24) is 0 Å². The molecule has 4 rings (SSSR count). The molecule has 0 radical (unpaired) electrons. The average molecular weight is 431 g/mol. The van der Waals surface area contributed by atoms with Gasteiger partial charge in [0.1, 0.15) is 5.82 Å². The maximum absolute atomic E-state index is 13.6. The number of halogens is 1. The number of hydrogen-bond donors (Lipinski definition) is 1. The number of nitro groups is 1. The summed E-state index contributed by atoms with van der Waals surface area (Å²) in [5.74, 6) is -0.423. The van der Waals surface area contributed by atoms with Gasteiger partial charge in [0.2, 0.25) is 5.75 Å². The van der Waals surface area contributed by atoms with Crippen molar-refractivity contribution < 1.29 is 23.6 Å². The number of nitrogens with one attached hydrogen (secondary N) is 1. The van der Waals surface area contributed by atoms with E-state index in [0.717, 1.165) is 6.07 Å². The van der Waals surface area contributed by atoms with E-state index in [-0.39, 0.29) is 40.0 Å². The number of ether oxygens (including phenoxy) is 2. The van der Waals surface area contributed by atoms with E-state index in [0.29, 0.717) is 16.8 Å². The number of amides is 1. The molecule has 0 atom stereocenters. The summed E-state index contributed by atoms with van der Waals surface area (Å²) in [5.41, 5.74) is 1.59. The highest BCUT2D eigenvalue weighted by atomic mass is 19.1. The smallest absolute Gasteiger partial charge is 0.312 e. The number of rotatable bonds is 5. The first-order chi connectivity index (χ1) is 15.4. The van der Waals surface area contributed by atoms with Gasteiger partial charge in [0.25, 0.3) is 5.91 Å². The van der Waals surface area contributed by atoms with Crippen LogP contribution in [-0.4, -0.2) is 17.9 Å². The lowest BCUT2D eigenvalue weighted by molar-refractivity contribution is -0.385. The van der Waals surface area contributed by atoms with E-state index in [1.807, 2.05) is 6.07 Å². The first kappa shape index (κ1) is 20.6. The summed E-state index contributed by atoms with van der Waals surface area (Å²) in [6, 6.07) is 14.5. The highest BCUT2D eigenvalue weighted by molar-refractivity contribution is 6.34. The molecule has 0 aliphatic carbocycles. The molecule has 0 fully saturated rings. The van der Waals surface area contributed by atoms with Crippen LogP contribution in [0.5, 0.6) is 17.2 Å². The summed E-state index contributed by atoms with van der Waals surface area (Å²) in [5, 5.41) is 23.0. The van der Waals surface area contributed by atoms with Gasteiger partial charge in [-0.2, -0.15) is 5.26 Å². The molecular formula is C23H14FN3O5. The molecule has 8 nitrogen and oxygen atoms in total. The van der Waals surface area contributed by atoms with Crippen LogP contribution < -0.4 is 14.8 Å². The van der Waals surface area contributed by atoms with E-state index in [1.54, 1.807) is 18.2 Å². The zero-order valence-electron chi connectivity index (χ0n) is 16.6. The molecule has 0 bridgehead atoms. The van der Waals surface area contributed by atoms with Gasteiger partial charge in [0.05, 0.1) is 23.7 Å². The fourth-order valence-corrected chi connectivity index (χ4v) is 3.26. The normalized spacial score (nSPS) is 13.3. The van der Waals surface area contributed by atoms with Crippen molar-refractivity contribution >= 4 is 28.9 Å². The van der Waals surface area contributed by atoms with Crippen LogP contribution in [-0.2, 0) is 4.79 Å². The fourth-order valence-electron chi connectivity index (χ4n) is 3.26. The lowest BCUT2D eigenvalue weighted by atomic mass is 10.0. The number of nitrogens with zero attached hydrogens (tertiary/aromatic N) is 2. The Morgan fingerprint density at radius 1 is 1.09 bits per heavy atom. The minimum atomic E-state index is -0.642. The highest BCUT2D eigenvalue weighted by Gasteiger charge is 2.25. The van der Waals surface area contributed by atoms with E-state index in [9.17, 15) is 19.3 Å². The summed E-state index contributed by atoms with van der Waals surface area (Å²) < 4.78 is 24.7. The maximum Gasteiger partial charge on any atom is 0.312 e. The second kappa shape index (κ2) is 8.20. The number of benzene rings is 3. The molecule has 1 N–H and O–H groups in total. The number of carbonyl (C=O) groups is 1. The number of fused-ring (bicyclic) bond motifs is 1. The van der Waals surface area contributed by atoms with Crippen molar-refractivity contribution in [1.29, 1.82) is 5.26 Å². The standard InChI is InChI=1S/C23H14FN3O5/c1-31-22-10-13(8-17-16-11-15(24)4-5-18(16)26-23(17)28)2-7-21(22)32-20-6-3-14(12-25)9-19(20)27(29)30/h2-11H,1H3,(H,26,28). The minimum absolute atomic E-state index is 0.0574. The van der Waals surface area contributed by atoms with Gasteiger partial charge in [-0.15, -0.1) is 0 Å². The van der Waals surface area contributed by atoms with Crippen LogP contribution in [0.15, 0.2) is 54.6 Å². The van der Waals surface area contributed by atoms with Crippen LogP contribution in [0, 0.1) is 27.3 Å². The molecule has 158 valence electrons. The van der Waals surface area contributed by atoms with Crippen LogP contribution in [0.4, 0.5) is 15.8 Å². The number of hydrogen-bond acceptors (Lipinski definition) is 6. The molecule has 3 aromatic rings. The van der Waals surface area contributed by atoms with Crippen LogP contribution in [0.3, 0.4) is 0 Å². The van der Waals surface area contributed by atoms with Crippen LogP contribution >= 0.6 is 0 Å². The summed E-state index contributed by atoms with van der Waals surface area (Å²) in [4.78, 5) is 23.0. The Balaban J connectivity index is 1.69. The average Bonchev–Trinajstić information content (AvgIpc) is 3.09. The third-order valence-corrected chi connectivity index (χ3v) is 4.77. The molecule has 1 heterocycles. The van der Waals surface area contributed by atoms with Gasteiger partial charge in [-0.1, -0.05) is 6.07 Å². The zero-order chi connectivity index (χ0) is 22.8. The Morgan fingerprint density at radius 3 is 2.59 bits per heavy atom. The second-order valence-corrected chi connectivity index (χ2v) is 6.77. The van der Waals surface area contributed by atoms with E-state index >= 15 is 0 Å². The van der Waals surface area contributed by atoms with E-state index in [2.05, 4.69) is 5.32 Å². The number of nitro benzene ring substituents is 1. The van der Waals surface area contributed by atoms with Gasteiger partial charge in [-0.3, -0.25) is 14.9 Å². The van der Waals surface area contributed by atoms with E-state index in [4.69, 9.17) is 14.7 Å². The lowest BCUT2D eigenvalue weighted by Gasteiger charge is -2.11. The van der Waals surface area contributed by atoms with Crippen molar-refractivity contribution in [2.24, 2.45) is 0 Å². The molecule has 0 aromatic heterocycles. The SMILES string of the molecule is COc1cc(C=C2C(=O)Nc3ccc(F)cc32)ccc1Oc1ccc(C#N)cc1[N+](=O)[O-]. The minimum Gasteiger partial charge on any atom is -0.493 e. The molecule has 1 amide bonds. The summed E-state index contributed by atoms with van der Waals surface area (Å²) in [6.45, 7) is 0. The van der Waals surface area contributed by atoms with Crippen LogP contribution in [0.1, 0.15) is 16.7 Å². The molecular weight excluding hydrogens is 417 g/mol. The van der Waals surface area contributed by atoms with Crippen molar-refractivity contribution in [3.63, 3.8) is 0 Å². The molecule has 0 spiro atoms. The van der Waals surface area contributed by atoms with Crippen LogP contribution in [0.25, 0.3) is 11.6 Å². The molecule has 1 aliphatic rings. The van der Waals surface area contributed by atoms with Crippen molar-refractivity contribution in [3.05, 3.63) is 87.2 Å². The fraction of sp³-hybridized carbons (Fsp3) is 0.0435. The predicted octanol–water partition coefficient (Wildman–Crippen LogP) is 4.90.